The number of anilines is 1. The van der Waals surface area contributed by atoms with E-state index in [1.807, 2.05) is 68.4 Å². The fourth-order valence-electron chi connectivity index (χ4n) is 2.66. The lowest BCUT2D eigenvalue weighted by Crippen LogP contribution is -2.12. The molecule has 0 unspecified atom stereocenters. The molecule has 1 aromatic heterocycles. The molecule has 3 rings (SSSR count). The summed E-state index contributed by atoms with van der Waals surface area (Å²) >= 11 is 0. The molecular weight excluding hydrogens is 324 g/mol. The molecule has 0 aliphatic rings. The SMILES string of the molecule is Cc1noc(C)c1CCC(=O)Nc1cccc(C#Cc2ccccc2)c1. The quantitative estimate of drug-likeness (QED) is 0.720. The van der Waals surface area contributed by atoms with Crippen molar-refractivity contribution in [1.29, 1.82) is 0 Å². The Bertz CT molecular complexity index is 943. The van der Waals surface area contributed by atoms with Gasteiger partial charge >= 0.3 is 0 Å². The predicted molar refractivity (Wildman–Crippen MR) is 102 cm³/mol. The molecule has 0 aliphatic carbocycles. The maximum absolute atomic E-state index is 12.2. The van der Waals surface area contributed by atoms with E-state index in [1.165, 1.54) is 0 Å². The van der Waals surface area contributed by atoms with Crippen molar-refractivity contribution in [2.45, 2.75) is 26.7 Å². The smallest absolute Gasteiger partial charge is 0.224 e. The van der Waals surface area contributed by atoms with Crippen molar-refractivity contribution in [1.82, 2.24) is 5.16 Å². The fourth-order valence-corrected chi connectivity index (χ4v) is 2.66. The van der Waals surface area contributed by atoms with Gasteiger partial charge in [-0.1, -0.05) is 41.3 Å². The lowest BCUT2D eigenvalue weighted by Gasteiger charge is -2.05. The molecule has 0 aliphatic heterocycles. The number of aryl methyl sites for hydroxylation is 2. The highest BCUT2D eigenvalue weighted by Gasteiger charge is 2.11. The normalized spacial score (nSPS) is 10.1. The molecular formula is C22H20N2O2. The molecule has 0 saturated heterocycles. The lowest BCUT2D eigenvalue weighted by atomic mass is 10.1. The average molecular weight is 344 g/mol. The largest absolute Gasteiger partial charge is 0.361 e. The number of carbonyl (C=O) groups excluding carboxylic acids is 1. The highest BCUT2D eigenvalue weighted by atomic mass is 16.5. The summed E-state index contributed by atoms with van der Waals surface area (Å²) in [6.07, 6.45) is 0.989. The maximum Gasteiger partial charge on any atom is 0.224 e. The molecule has 0 fully saturated rings. The molecule has 4 nitrogen and oxygen atoms in total. The van der Waals surface area contributed by atoms with Gasteiger partial charge in [0.15, 0.2) is 0 Å². The van der Waals surface area contributed by atoms with Crippen LogP contribution in [0.1, 0.15) is 34.6 Å². The Morgan fingerprint density at radius 2 is 1.77 bits per heavy atom. The first-order valence-electron chi connectivity index (χ1n) is 8.50. The Balaban J connectivity index is 1.62. The summed E-state index contributed by atoms with van der Waals surface area (Å²) in [5, 5.41) is 6.84. The van der Waals surface area contributed by atoms with Crippen LogP contribution in [0.4, 0.5) is 5.69 Å². The number of carbonyl (C=O) groups is 1. The van der Waals surface area contributed by atoms with Gasteiger partial charge in [-0.3, -0.25) is 4.79 Å². The second-order valence-corrected chi connectivity index (χ2v) is 6.05. The van der Waals surface area contributed by atoms with Gasteiger partial charge in [0, 0.05) is 28.8 Å². The zero-order chi connectivity index (χ0) is 18.4. The van der Waals surface area contributed by atoms with Gasteiger partial charge in [-0.05, 0) is 50.6 Å². The van der Waals surface area contributed by atoms with E-state index >= 15 is 0 Å². The Morgan fingerprint density at radius 1 is 1.04 bits per heavy atom. The number of hydrogen-bond donors (Lipinski definition) is 1. The number of aromatic nitrogens is 1. The van der Waals surface area contributed by atoms with Crippen LogP contribution in [0.2, 0.25) is 0 Å². The summed E-state index contributed by atoms with van der Waals surface area (Å²) in [6, 6.07) is 17.4. The standard InChI is InChI=1S/C22H20N2O2/c1-16-21(17(2)26-24-16)13-14-22(25)23-20-10-6-9-19(15-20)12-11-18-7-4-3-5-8-18/h3-10,15H,13-14H2,1-2H3,(H,23,25). The van der Waals surface area contributed by atoms with Crippen LogP contribution in [0.3, 0.4) is 0 Å². The van der Waals surface area contributed by atoms with Gasteiger partial charge in [-0.25, -0.2) is 0 Å². The molecule has 26 heavy (non-hydrogen) atoms. The number of rotatable bonds is 4. The lowest BCUT2D eigenvalue weighted by molar-refractivity contribution is -0.116. The molecule has 2 aromatic carbocycles. The Hall–Kier alpha value is -3.32. The van der Waals surface area contributed by atoms with Crippen LogP contribution in [0.5, 0.6) is 0 Å². The summed E-state index contributed by atoms with van der Waals surface area (Å²) in [4.78, 5) is 12.2. The Morgan fingerprint density at radius 3 is 2.50 bits per heavy atom. The van der Waals surface area contributed by atoms with Crippen molar-refractivity contribution in [3.8, 4) is 11.8 Å². The van der Waals surface area contributed by atoms with Gasteiger partial charge < -0.3 is 9.84 Å². The monoisotopic (exact) mass is 344 g/mol. The van der Waals surface area contributed by atoms with Gasteiger partial charge in [0.1, 0.15) is 5.76 Å². The number of nitrogens with one attached hydrogen (secondary N) is 1. The minimum absolute atomic E-state index is 0.0434. The predicted octanol–water partition coefficient (Wildman–Crippen LogP) is 4.26. The first-order chi connectivity index (χ1) is 12.6. The van der Waals surface area contributed by atoms with Crippen LogP contribution < -0.4 is 5.32 Å². The minimum atomic E-state index is -0.0434. The van der Waals surface area contributed by atoms with E-state index in [0.29, 0.717) is 12.8 Å². The van der Waals surface area contributed by atoms with Gasteiger partial charge in [0.2, 0.25) is 5.91 Å². The van der Waals surface area contributed by atoms with Gasteiger partial charge in [-0.2, -0.15) is 0 Å². The first-order valence-corrected chi connectivity index (χ1v) is 8.50. The summed E-state index contributed by atoms with van der Waals surface area (Å²) in [5.74, 6) is 6.97. The van der Waals surface area contributed by atoms with Crippen LogP contribution in [0.15, 0.2) is 59.1 Å². The number of hydrogen-bond acceptors (Lipinski definition) is 3. The second-order valence-electron chi connectivity index (χ2n) is 6.05. The third-order valence-electron chi connectivity index (χ3n) is 4.05. The topological polar surface area (TPSA) is 55.1 Å². The van der Waals surface area contributed by atoms with Gasteiger partial charge in [0.25, 0.3) is 0 Å². The molecule has 0 bridgehead atoms. The van der Waals surface area contributed by atoms with Gasteiger partial charge in [-0.15, -0.1) is 0 Å². The first kappa shape index (κ1) is 17.5. The molecule has 3 aromatic rings. The summed E-state index contributed by atoms with van der Waals surface area (Å²) in [5.41, 5.74) is 4.41. The number of nitrogens with zero attached hydrogens (tertiary/aromatic N) is 1. The van der Waals surface area contributed by atoms with E-state index in [1.54, 1.807) is 0 Å². The molecule has 0 atom stereocenters. The highest BCUT2D eigenvalue weighted by molar-refractivity contribution is 5.91. The van der Waals surface area contributed by atoms with E-state index in [2.05, 4.69) is 22.3 Å². The second kappa shape index (κ2) is 8.17. The van der Waals surface area contributed by atoms with Crippen molar-refractivity contribution in [2.75, 3.05) is 5.32 Å². The van der Waals surface area contributed by atoms with Crippen LogP contribution in [0, 0.1) is 25.7 Å². The van der Waals surface area contributed by atoms with Gasteiger partial charge in [0.05, 0.1) is 5.69 Å². The number of amides is 1. The zero-order valence-electron chi connectivity index (χ0n) is 14.9. The molecule has 0 radical (unpaired) electrons. The molecule has 1 amide bonds. The van der Waals surface area contributed by atoms with E-state index < -0.39 is 0 Å². The molecule has 0 saturated carbocycles. The summed E-state index contributed by atoms with van der Waals surface area (Å²) in [7, 11) is 0. The van der Waals surface area contributed by atoms with E-state index in [-0.39, 0.29) is 5.91 Å². The van der Waals surface area contributed by atoms with E-state index in [4.69, 9.17) is 4.52 Å². The molecule has 130 valence electrons. The van der Waals surface area contributed by atoms with E-state index in [0.717, 1.165) is 33.8 Å². The van der Waals surface area contributed by atoms with Crippen LogP contribution in [0.25, 0.3) is 0 Å². The minimum Gasteiger partial charge on any atom is -0.361 e. The van der Waals surface area contributed by atoms with Crippen molar-refractivity contribution >= 4 is 11.6 Å². The Kier molecular flexibility index (Phi) is 5.50. The van der Waals surface area contributed by atoms with Crippen molar-refractivity contribution in [2.24, 2.45) is 0 Å². The van der Waals surface area contributed by atoms with Crippen molar-refractivity contribution in [3.63, 3.8) is 0 Å². The Labute approximate surface area is 153 Å². The average Bonchev–Trinajstić information content (AvgIpc) is 2.97. The van der Waals surface area contributed by atoms with Crippen LogP contribution >= 0.6 is 0 Å². The van der Waals surface area contributed by atoms with Crippen LogP contribution in [-0.4, -0.2) is 11.1 Å². The molecule has 1 heterocycles. The molecule has 0 spiro atoms. The maximum atomic E-state index is 12.2. The third kappa shape index (κ3) is 4.61. The van der Waals surface area contributed by atoms with Crippen LogP contribution in [-0.2, 0) is 11.2 Å². The highest BCUT2D eigenvalue weighted by Crippen LogP contribution is 2.15. The zero-order valence-corrected chi connectivity index (χ0v) is 14.9. The number of benzene rings is 2. The summed E-state index contributed by atoms with van der Waals surface area (Å²) in [6.45, 7) is 3.75. The summed E-state index contributed by atoms with van der Waals surface area (Å²) < 4.78 is 5.13. The fraction of sp³-hybridized carbons (Fsp3) is 0.182. The molecule has 1 N–H and O–H groups in total. The third-order valence-corrected chi connectivity index (χ3v) is 4.05. The van der Waals surface area contributed by atoms with E-state index in [9.17, 15) is 4.79 Å². The van der Waals surface area contributed by atoms with Crippen molar-refractivity contribution in [3.05, 3.63) is 82.7 Å². The molecule has 4 heteroatoms. The van der Waals surface area contributed by atoms with Crippen molar-refractivity contribution < 1.29 is 9.32 Å².